The number of ether oxygens (including phenoxy) is 1. The molecule has 1 saturated heterocycles. The topological polar surface area (TPSA) is 62.8 Å². The molecule has 5 heteroatoms. The Morgan fingerprint density at radius 3 is 3.00 bits per heavy atom. The zero-order valence-electron chi connectivity index (χ0n) is 10.1. The molecule has 2 aromatic rings. The van der Waals surface area contributed by atoms with Gasteiger partial charge in [0.15, 0.2) is 0 Å². The van der Waals surface area contributed by atoms with Gasteiger partial charge in [-0.05, 0) is 25.3 Å². The van der Waals surface area contributed by atoms with E-state index in [4.69, 9.17) is 9.72 Å². The average molecular weight is 244 g/mol. The Morgan fingerprint density at radius 2 is 2.22 bits per heavy atom. The van der Waals surface area contributed by atoms with Crippen LogP contribution in [0.3, 0.4) is 0 Å². The number of nitrogens with one attached hydrogen (secondary N) is 2. The van der Waals surface area contributed by atoms with Gasteiger partial charge in [0.2, 0.25) is 0 Å². The van der Waals surface area contributed by atoms with Crippen molar-refractivity contribution in [2.24, 2.45) is 0 Å². The van der Waals surface area contributed by atoms with Crippen LogP contribution in [-0.4, -0.2) is 34.2 Å². The summed E-state index contributed by atoms with van der Waals surface area (Å²) in [4.78, 5) is 12.5. The minimum Gasteiger partial charge on any atom is -0.381 e. The number of hydrogen-bond acceptors (Lipinski definition) is 4. The summed E-state index contributed by atoms with van der Waals surface area (Å²) in [5.41, 5.74) is 0.926. The van der Waals surface area contributed by atoms with Crippen LogP contribution in [-0.2, 0) is 4.74 Å². The summed E-state index contributed by atoms with van der Waals surface area (Å²) in [6, 6.07) is 2.64. The second-order valence-electron chi connectivity index (χ2n) is 5.15. The summed E-state index contributed by atoms with van der Waals surface area (Å²) >= 11 is 0. The van der Waals surface area contributed by atoms with E-state index < -0.39 is 0 Å². The molecule has 1 unspecified atom stereocenters. The molecule has 2 aliphatic rings. The molecule has 1 aliphatic heterocycles. The predicted octanol–water partition coefficient (Wildman–Crippen LogP) is 2.04. The summed E-state index contributed by atoms with van der Waals surface area (Å²) in [7, 11) is 0. The highest BCUT2D eigenvalue weighted by Gasteiger charge is 2.25. The molecule has 0 amide bonds. The molecule has 18 heavy (non-hydrogen) atoms. The first-order valence-electron chi connectivity index (χ1n) is 6.59. The fourth-order valence-electron chi connectivity index (χ4n) is 2.41. The molecule has 2 fully saturated rings. The molecule has 1 atom stereocenters. The zero-order chi connectivity index (χ0) is 11.9. The molecule has 0 radical (unpaired) electrons. The third kappa shape index (κ3) is 1.75. The molecule has 2 N–H and O–H groups in total. The Morgan fingerprint density at radius 1 is 1.28 bits per heavy atom. The van der Waals surface area contributed by atoms with E-state index in [0.29, 0.717) is 12.0 Å². The number of hydrogen-bond donors (Lipinski definition) is 2. The molecule has 1 aliphatic carbocycles. The highest BCUT2D eigenvalue weighted by Crippen LogP contribution is 2.30. The zero-order valence-corrected chi connectivity index (χ0v) is 10.1. The normalized spacial score (nSPS) is 23.7. The van der Waals surface area contributed by atoms with Gasteiger partial charge in [-0.1, -0.05) is 0 Å². The van der Waals surface area contributed by atoms with E-state index in [9.17, 15) is 0 Å². The SMILES string of the molecule is c1cc2c(NC3CC3)nc(C3CCOC3)nc2[nH]1. The Kier molecular flexibility index (Phi) is 2.26. The molecule has 5 nitrogen and oxygen atoms in total. The summed E-state index contributed by atoms with van der Waals surface area (Å²) in [5.74, 6) is 2.23. The number of fused-ring (bicyclic) bond motifs is 1. The Labute approximate surface area is 105 Å². The van der Waals surface area contributed by atoms with E-state index in [0.717, 1.165) is 42.3 Å². The molecule has 0 spiro atoms. The standard InChI is InChI=1S/C13H16N4O/c1-2-9(1)15-13-10-3-5-14-12(10)16-11(17-13)8-4-6-18-7-8/h3,5,8-9H,1-2,4,6-7H2,(H2,14,15,16,17). The molecular weight excluding hydrogens is 228 g/mol. The van der Waals surface area contributed by atoms with E-state index in [1.165, 1.54) is 12.8 Å². The van der Waals surface area contributed by atoms with Crippen molar-refractivity contribution >= 4 is 16.9 Å². The van der Waals surface area contributed by atoms with Crippen LogP contribution in [0.4, 0.5) is 5.82 Å². The Balaban J connectivity index is 1.77. The van der Waals surface area contributed by atoms with Gasteiger partial charge in [-0.3, -0.25) is 0 Å². The minimum absolute atomic E-state index is 0.345. The number of aromatic nitrogens is 3. The number of aromatic amines is 1. The van der Waals surface area contributed by atoms with Crippen molar-refractivity contribution in [3.8, 4) is 0 Å². The lowest BCUT2D eigenvalue weighted by atomic mass is 10.1. The molecule has 0 bridgehead atoms. The maximum atomic E-state index is 5.43. The predicted molar refractivity (Wildman–Crippen MR) is 68.7 cm³/mol. The van der Waals surface area contributed by atoms with Gasteiger partial charge in [0.1, 0.15) is 17.3 Å². The van der Waals surface area contributed by atoms with Crippen LogP contribution in [0, 0.1) is 0 Å². The van der Waals surface area contributed by atoms with Gasteiger partial charge >= 0.3 is 0 Å². The summed E-state index contributed by atoms with van der Waals surface area (Å²) < 4.78 is 5.43. The maximum absolute atomic E-state index is 5.43. The van der Waals surface area contributed by atoms with Crippen molar-refractivity contribution in [3.63, 3.8) is 0 Å². The lowest BCUT2D eigenvalue weighted by molar-refractivity contribution is 0.193. The highest BCUT2D eigenvalue weighted by molar-refractivity contribution is 5.87. The van der Waals surface area contributed by atoms with E-state index in [2.05, 4.69) is 15.3 Å². The van der Waals surface area contributed by atoms with Crippen LogP contribution >= 0.6 is 0 Å². The average Bonchev–Trinajstić information content (AvgIpc) is 2.89. The van der Waals surface area contributed by atoms with Gasteiger partial charge in [-0.25, -0.2) is 9.97 Å². The summed E-state index contributed by atoms with van der Waals surface area (Å²) in [6.07, 6.45) is 5.44. The Bertz CT molecular complexity index is 569. The van der Waals surface area contributed by atoms with E-state index in [1.807, 2.05) is 12.3 Å². The van der Waals surface area contributed by atoms with Crippen molar-refractivity contribution in [2.45, 2.75) is 31.2 Å². The van der Waals surface area contributed by atoms with Crippen molar-refractivity contribution in [3.05, 3.63) is 18.1 Å². The van der Waals surface area contributed by atoms with Gasteiger partial charge in [0, 0.05) is 24.8 Å². The van der Waals surface area contributed by atoms with Crippen LogP contribution in [0.1, 0.15) is 31.0 Å². The van der Waals surface area contributed by atoms with Crippen LogP contribution in [0.2, 0.25) is 0 Å². The molecule has 0 aromatic carbocycles. The third-order valence-corrected chi connectivity index (χ3v) is 3.65. The third-order valence-electron chi connectivity index (χ3n) is 3.65. The van der Waals surface area contributed by atoms with Crippen LogP contribution in [0.25, 0.3) is 11.0 Å². The second kappa shape index (κ2) is 3.95. The molecule has 4 rings (SSSR count). The lowest BCUT2D eigenvalue weighted by Gasteiger charge is -2.10. The van der Waals surface area contributed by atoms with Crippen LogP contribution in [0.15, 0.2) is 12.3 Å². The van der Waals surface area contributed by atoms with E-state index in [-0.39, 0.29) is 0 Å². The van der Waals surface area contributed by atoms with Crippen LogP contribution < -0.4 is 5.32 Å². The maximum Gasteiger partial charge on any atom is 0.143 e. The first-order valence-corrected chi connectivity index (χ1v) is 6.59. The molecular formula is C13H16N4O. The number of rotatable bonds is 3. The fraction of sp³-hybridized carbons (Fsp3) is 0.538. The van der Waals surface area contributed by atoms with E-state index in [1.54, 1.807) is 0 Å². The first-order chi connectivity index (χ1) is 8.90. The molecule has 2 aromatic heterocycles. The largest absolute Gasteiger partial charge is 0.381 e. The van der Waals surface area contributed by atoms with Crippen molar-refractivity contribution in [1.29, 1.82) is 0 Å². The molecule has 1 saturated carbocycles. The number of anilines is 1. The van der Waals surface area contributed by atoms with Gasteiger partial charge in [-0.2, -0.15) is 0 Å². The molecule has 94 valence electrons. The summed E-state index contributed by atoms with van der Waals surface area (Å²) in [6.45, 7) is 1.57. The minimum atomic E-state index is 0.345. The van der Waals surface area contributed by atoms with Gasteiger partial charge in [-0.15, -0.1) is 0 Å². The van der Waals surface area contributed by atoms with Crippen molar-refractivity contribution < 1.29 is 4.74 Å². The quantitative estimate of drug-likeness (QED) is 0.867. The fourth-order valence-corrected chi connectivity index (χ4v) is 2.41. The number of H-pyrrole nitrogens is 1. The van der Waals surface area contributed by atoms with Crippen molar-refractivity contribution in [2.75, 3.05) is 18.5 Å². The van der Waals surface area contributed by atoms with Gasteiger partial charge in [0.25, 0.3) is 0 Å². The monoisotopic (exact) mass is 244 g/mol. The lowest BCUT2D eigenvalue weighted by Crippen LogP contribution is -2.10. The summed E-state index contributed by atoms with van der Waals surface area (Å²) in [5, 5.41) is 4.58. The second-order valence-corrected chi connectivity index (χ2v) is 5.15. The van der Waals surface area contributed by atoms with Gasteiger partial charge < -0.3 is 15.0 Å². The number of nitrogens with zero attached hydrogens (tertiary/aromatic N) is 2. The first kappa shape index (κ1) is 10.3. The Hall–Kier alpha value is -1.62. The van der Waals surface area contributed by atoms with Gasteiger partial charge in [0.05, 0.1) is 12.0 Å². The smallest absolute Gasteiger partial charge is 0.143 e. The van der Waals surface area contributed by atoms with Crippen LogP contribution in [0.5, 0.6) is 0 Å². The van der Waals surface area contributed by atoms with Crippen molar-refractivity contribution in [1.82, 2.24) is 15.0 Å². The molecule has 3 heterocycles. The highest BCUT2D eigenvalue weighted by atomic mass is 16.5. The van der Waals surface area contributed by atoms with E-state index >= 15 is 0 Å².